The number of amides is 1. The number of nitrogen functional groups attached to an aromatic ring is 1. The maximum Gasteiger partial charge on any atom is 0.257 e. The van der Waals surface area contributed by atoms with Gasteiger partial charge in [0.1, 0.15) is 22.7 Å². The predicted octanol–water partition coefficient (Wildman–Crippen LogP) is 4.12. The van der Waals surface area contributed by atoms with E-state index in [0.717, 1.165) is 11.1 Å². The zero-order valence-electron chi connectivity index (χ0n) is 17.4. The van der Waals surface area contributed by atoms with Crippen LogP contribution in [-0.2, 0) is 6.54 Å². The molecule has 0 bridgehead atoms. The molecule has 0 unspecified atom stereocenters. The number of hydrogen-bond acceptors (Lipinski definition) is 5. The lowest BCUT2D eigenvalue weighted by Crippen LogP contribution is -2.23. The van der Waals surface area contributed by atoms with Gasteiger partial charge in [-0.2, -0.15) is 9.78 Å². The van der Waals surface area contributed by atoms with E-state index in [-0.39, 0.29) is 23.7 Å². The van der Waals surface area contributed by atoms with Crippen LogP contribution < -0.4 is 11.1 Å². The molecule has 3 aromatic carbocycles. The highest BCUT2D eigenvalue weighted by Gasteiger charge is 2.24. The fraction of sp³-hybridized carbons (Fsp3) is 0.0400. The maximum absolute atomic E-state index is 13.2. The molecule has 8 heteroatoms. The average Bonchev–Trinajstić information content (AvgIpc) is 3.11. The molecule has 0 saturated carbocycles. The molecule has 0 aliphatic rings. The van der Waals surface area contributed by atoms with Gasteiger partial charge in [-0.1, -0.05) is 54.6 Å². The smallest absolute Gasteiger partial charge is 0.257 e. The Bertz CT molecular complexity index is 1490. The number of nitrogens with one attached hydrogen (secondary N) is 1. The van der Waals surface area contributed by atoms with Crippen LogP contribution >= 0.6 is 0 Å². The number of fused-ring (bicyclic) bond motifs is 2. The standard InChI is InChI=1S/C25H19FN6O/c26-18-12-10-17(11-13-18)14-28-25(33)21-22-24(31-20-9-5-4-8-19(20)30-22)32(23(21)27)29-15-16-6-2-1-3-7-16/h1-13,15H,14,27H2,(H,28,33)/b29-15+. The molecule has 5 aromatic rings. The first-order chi connectivity index (χ1) is 16.1. The van der Waals surface area contributed by atoms with Crippen molar-refractivity contribution in [1.29, 1.82) is 0 Å². The molecule has 5 rings (SSSR count). The lowest BCUT2D eigenvalue weighted by Gasteiger charge is -2.06. The zero-order valence-corrected chi connectivity index (χ0v) is 17.4. The SMILES string of the molecule is Nc1c(C(=O)NCc2ccc(F)cc2)c2nc3ccccc3nc2n1/N=C/c1ccccc1. The first kappa shape index (κ1) is 20.3. The van der Waals surface area contributed by atoms with E-state index < -0.39 is 5.91 Å². The van der Waals surface area contributed by atoms with Crippen molar-refractivity contribution in [2.45, 2.75) is 6.54 Å². The van der Waals surface area contributed by atoms with Crippen LogP contribution in [0.2, 0.25) is 0 Å². The Balaban J connectivity index is 1.58. The van der Waals surface area contributed by atoms with E-state index in [1.165, 1.54) is 16.8 Å². The van der Waals surface area contributed by atoms with Crippen LogP contribution in [0.1, 0.15) is 21.5 Å². The van der Waals surface area contributed by atoms with Crippen LogP contribution in [0.25, 0.3) is 22.2 Å². The highest BCUT2D eigenvalue weighted by Crippen LogP contribution is 2.28. The van der Waals surface area contributed by atoms with Gasteiger partial charge in [-0.15, -0.1) is 0 Å². The van der Waals surface area contributed by atoms with E-state index in [0.29, 0.717) is 22.2 Å². The third kappa shape index (κ3) is 4.01. The Kier molecular flexibility index (Phi) is 5.24. The van der Waals surface area contributed by atoms with E-state index in [1.807, 2.05) is 54.6 Å². The maximum atomic E-state index is 13.2. The van der Waals surface area contributed by atoms with Crippen molar-refractivity contribution in [3.63, 3.8) is 0 Å². The largest absolute Gasteiger partial charge is 0.383 e. The summed E-state index contributed by atoms with van der Waals surface area (Å²) < 4.78 is 14.6. The molecular formula is C25H19FN6O. The third-order valence-corrected chi connectivity index (χ3v) is 5.19. The monoisotopic (exact) mass is 438 g/mol. The summed E-state index contributed by atoms with van der Waals surface area (Å²) in [5.41, 5.74) is 10.2. The van der Waals surface area contributed by atoms with Gasteiger partial charge in [0.15, 0.2) is 5.65 Å². The van der Waals surface area contributed by atoms with E-state index in [4.69, 9.17) is 5.73 Å². The van der Waals surface area contributed by atoms with Crippen LogP contribution in [0.3, 0.4) is 0 Å². The van der Waals surface area contributed by atoms with Crippen molar-refractivity contribution < 1.29 is 9.18 Å². The van der Waals surface area contributed by atoms with Gasteiger partial charge in [-0.3, -0.25) is 4.79 Å². The molecule has 0 spiro atoms. The molecule has 0 saturated heterocycles. The van der Waals surface area contributed by atoms with E-state index in [1.54, 1.807) is 18.3 Å². The van der Waals surface area contributed by atoms with Crippen LogP contribution in [0.5, 0.6) is 0 Å². The van der Waals surface area contributed by atoms with Gasteiger partial charge in [-0.25, -0.2) is 14.4 Å². The predicted molar refractivity (Wildman–Crippen MR) is 126 cm³/mol. The summed E-state index contributed by atoms with van der Waals surface area (Å²) in [4.78, 5) is 22.5. The first-order valence-corrected chi connectivity index (χ1v) is 10.3. The van der Waals surface area contributed by atoms with Gasteiger partial charge in [-0.05, 0) is 35.4 Å². The summed E-state index contributed by atoms with van der Waals surface area (Å²) in [6.45, 7) is 0.208. The molecule has 0 fully saturated rings. The summed E-state index contributed by atoms with van der Waals surface area (Å²) >= 11 is 0. The Hall–Kier alpha value is -4.59. The molecule has 0 aliphatic carbocycles. The molecule has 33 heavy (non-hydrogen) atoms. The number of anilines is 1. The summed E-state index contributed by atoms with van der Waals surface area (Å²) in [5, 5.41) is 7.31. The molecule has 1 amide bonds. The Labute approximate surface area is 188 Å². The molecule has 3 N–H and O–H groups in total. The Morgan fingerprint density at radius 1 is 0.970 bits per heavy atom. The molecule has 2 aromatic heterocycles. The van der Waals surface area contributed by atoms with Crippen LogP contribution in [0.4, 0.5) is 10.2 Å². The summed E-state index contributed by atoms with van der Waals surface area (Å²) in [5.74, 6) is -0.625. The molecule has 0 aliphatic heterocycles. The Morgan fingerprint density at radius 3 is 2.36 bits per heavy atom. The second kappa shape index (κ2) is 8.51. The number of carbonyl (C=O) groups excluding carboxylic acids is 1. The fourth-order valence-electron chi connectivity index (χ4n) is 3.52. The molecule has 162 valence electrons. The second-order valence-electron chi connectivity index (χ2n) is 7.42. The normalized spacial score (nSPS) is 11.4. The summed E-state index contributed by atoms with van der Waals surface area (Å²) in [7, 11) is 0. The van der Waals surface area contributed by atoms with Gasteiger partial charge < -0.3 is 11.1 Å². The number of rotatable bonds is 5. The lowest BCUT2D eigenvalue weighted by atomic mass is 10.2. The van der Waals surface area contributed by atoms with Crippen LogP contribution in [0.15, 0.2) is 84.0 Å². The highest BCUT2D eigenvalue weighted by molar-refractivity contribution is 6.10. The number of halogens is 1. The van der Waals surface area contributed by atoms with Crippen LogP contribution in [-0.4, -0.2) is 26.8 Å². The fourth-order valence-corrected chi connectivity index (χ4v) is 3.52. The van der Waals surface area contributed by atoms with E-state index >= 15 is 0 Å². The average molecular weight is 438 g/mol. The third-order valence-electron chi connectivity index (χ3n) is 5.19. The number of para-hydroxylation sites is 2. The van der Waals surface area contributed by atoms with Crippen molar-refractivity contribution in [3.05, 3.63) is 101 Å². The minimum atomic E-state index is -0.417. The minimum Gasteiger partial charge on any atom is -0.383 e. The van der Waals surface area contributed by atoms with Crippen LogP contribution in [0, 0.1) is 5.82 Å². The molecule has 2 heterocycles. The van der Waals surface area contributed by atoms with Gasteiger partial charge in [0.25, 0.3) is 5.91 Å². The first-order valence-electron chi connectivity index (χ1n) is 10.3. The van der Waals surface area contributed by atoms with Crippen molar-refractivity contribution in [1.82, 2.24) is 20.0 Å². The van der Waals surface area contributed by atoms with Crippen molar-refractivity contribution in [3.8, 4) is 0 Å². The number of carbonyl (C=O) groups is 1. The highest BCUT2D eigenvalue weighted by atomic mass is 19.1. The number of nitrogens with two attached hydrogens (primary N) is 1. The van der Waals surface area contributed by atoms with Gasteiger partial charge >= 0.3 is 0 Å². The zero-order chi connectivity index (χ0) is 22.8. The lowest BCUT2D eigenvalue weighted by molar-refractivity contribution is 0.0953. The van der Waals surface area contributed by atoms with Crippen molar-refractivity contribution in [2.75, 3.05) is 5.73 Å². The van der Waals surface area contributed by atoms with Crippen molar-refractivity contribution >= 4 is 40.1 Å². The minimum absolute atomic E-state index is 0.129. The number of hydrogen-bond donors (Lipinski definition) is 2. The number of benzene rings is 3. The van der Waals surface area contributed by atoms with Crippen molar-refractivity contribution in [2.24, 2.45) is 5.10 Å². The number of nitrogens with zero attached hydrogens (tertiary/aromatic N) is 4. The van der Waals surface area contributed by atoms with E-state index in [2.05, 4.69) is 20.4 Å². The summed E-state index contributed by atoms with van der Waals surface area (Å²) in [6.07, 6.45) is 1.65. The Morgan fingerprint density at radius 2 is 1.64 bits per heavy atom. The second-order valence-corrected chi connectivity index (χ2v) is 7.42. The van der Waals surface area contributed by atoms with Gasteiger partial charge in [0, 0.05) is 6.54 Å². The topological polar surface area (TPSA) is 98.2 Å². The quantitative estimate of drug-likeness (QED) is 0.403. The molecule has 0 atom stereocenters. The van der Waals surface area contributed by atoms with Gasteiger partial charge in [0.2, 0.25) is 0 Å². The number of aromatic nitrogens is 3. The van der Waals surface area contributed by atoms with E-state index in [9.17, 15) is 9.18 Å². The van der Waals surface area contributed by atoms with Gasteiger partial charge in [0.05, 0.1) is 17.2 Å². The molecule has 7 nitrogen and oxygen atoms in total. The molecular weight excluding hydrogens is 419 g/mol. The molecule has 0 radical (unpaired) electrons. The summed E-state index contributed by atoms with van der Waals surface area (Å²) in [6, 6.07) is 22.8.